The summed E-state index contributed by atoms with van der Waals surface area (Å²) in [7, 11) is -9.94. The second-order valence-electron chi connectivity index (χ2n) is 13.8. The number of rotatable bonds is 16. The number of phenols is 2. The molecule has 19 nitrogen and oxygen atoms in total. The van der Waals surface area contributed by atoms with Crippen molar-refractivity contribution in [3.8, 4) is 11.5 Å². The lowest BCUT2D eigenvalue weighted by atomic mass is 10.1. The van der Waals surface area contributed by atoms with Crippen molar-refractivity contribution >= 4 is 93.9 Å². The maximum absolute atomic E-state index is 13.1. The molecule has 6 aromatic carbocycles. The Morgan fingerprint density at radius 2 is 0.887 bits per heavy atom. The first-order valence-corrected chi connectivity index (χ1v) is 21.3. The molecule has 0 atom stereocenters. The Balaban J connectivity index is 1.19. The SMILES string of the molecule is O=C(O)CCCc1ccc(N=Nc2c(S(=O)(=O)O)cc3cc(NC(=O)Nc4ccc5c(O)c(N=Nc6ccc(CCCC(=O)O)cc6)c(S(=O)(=O)O)cc5c4)ccc3c2O)cc1. The van der Waals surface area contributed by atoms with Gasteiger partial charge >= 0.3 is 18.0 Å². The molecule has 21 heteroatoms. The van der Waals surface area contributed by atoms with Crippen molar-refractivity contribution in [3.05, 3.63) is 108 Å². The van der Waals surface area contributed by atoms with Gasteiger partial charge in [-0.3, -0.25) is 18.7 Å². The van der Waals surface area contributed by atoms with Crippen LogP contribution in [-0.2, 0) is 42.7 Å². The Morgan fingerprint density at radius 1 is 0.516 bits per heavy atom. The summed E-state index contributed by atoms with van der Waals surface area (Å²) >= 11 is 0. The van der Waals surface area contributed by atoms with Crippen LogP contribution in [0.15, 0.2) is 127 Å². The van der Waals surface area contributed by atoms with Crippen molar-refractivity contribution in [2.45, 2.75) is 48.3 Å². The molecule has 6 rings (SSSR count). The number of carboxylic acid groups (broad SMARTS) is 2. The van der Waals surface area contributed by atoms with Crippen molar-refractivity contribution in [2.24, 2.45) is 20.5 Å². The lowest BCUT2D eigenvalue weighted by molar-refractivity contribution is -0.138. The minimum atomic E-state index is -4.97. The van der Waals surface area contributed by atoms with Gasteiger partial charge in [0.15, 0.2) is 11.5 Å². The van der Waals surface area contributed by atoms with E-state index in [-0.39, 0.29) is 57.1 Å². The number of phenolic OH excluding ortho intramolecular Hbond substituents is 2. The highest BCUT2D eigenvalue weighted by Crippen LogP contribution is 2.43. The number of benzene rings is 6. The maximum atomic E-state index is 13.1. The van der Waals surface area contributed by atoms with E-state index in [9.17, 15) is 50.5 Å². The van der Waals surface area contributed by atoms with Gasteiger partial charge in [-0.2, -0.15) is 27.1 Å². The fourth-order valence-electron chi connectivity index (χ4n) is 6.30. The fourth-order valence-corrected chi connectivity index (χ4v) is 7.62. The number of anilines is 2. The van der Waals surface area contributed by atoms with Crippen molar-refractivity contribution in [2.75, 3.05) is 10.6 Å². The molecule has 320 valence electrons. The summed E-state index contributed by atoms with van der Waals surface area (Å²) in [6, 6.07) is 22.4. The van der Waals surface area contributed by atoms with Crippen LogP contribution >= 0.6 is 0 Å². The lowest BCUT2D eigenvalue weighted by Gasteiger charge is -2.13. The average Bonchev–Trinajstić information content (AvgIpc) is 3.20. The summed E-state index contributed by atoms with van der Waals surface area (Å²) < 4.78 is 69.7. The highest BCUT2D eigenvalue weighted by Gasteiger charge is 2.24. The number of hydrogen-bond donors (Lipinski definition) is 8. The largest absolute Gasteiger partial charge is 0.505 e. The van der Waals surface area contributed by atoms with E-state index in [2.05, 4.69) is 31.1 Å². The summed E-state index contributed by atoms with van der Waals surface area (Å²) in [5.74, 6) is -3.08. The third kappa shape index (κ3) is 11.1. The minimum Gasteiger partial charge on any atom is -0.505 e. The Hall–Kier alpha value is -7.33. The monoisotopic (exact) mass is 884 g/mol. The summed E-state index contributed by atoms with van der Waals surface area (Å²) in [6.07, 6.45) is 1.88. The van der Waals surface area contributed by atoms with Crippen molar-refractivity contribution in [1.82, 2.24) is 0 Å². The topological polar surface area (TPSA) is 314 Å². The van der Waals surface area contributed by atoms with Crippen LogP contribution in [0.2, 0.25) is 0 Å². The van der Waals surface area contributed by atoms with E-state index < -0.39 is 70.9 Å². The van der Waals surface area contributed by atoms with Crippen LogP contribution in [-0.4, -0.2) is 64.3 Å². The molecule has 6 aromatic rings. The van der Waals surface area contributed by atoms with E-state index in [1.54, 1.807) is 48.5 Å². The van der Waals surface area contributed by atoms with Crippen molar-refractivity contribution in [3.63, 3.8) is 0 Å². The van der Waals surface area contributed by atoms with E-state index in [4.69, 9.17) is 10.2 Å². The number of amides is 2. The number of fused-ring (bicyclic) bond motifs is 2. The number of aromatic hydroxyl groups is 2. The zero-order valence-corrected chi connectivity index (χ0v) is 33.8. The number of urea groups is 1. The van der Waals surface area contributed by atoms with Crippen LogP contribution in [0.5, 0.6) is 11.5 Å². The summed E-state index contributed by atoms with van der Waals surface area (Å²) in [5.41, 5.74) is 1.37. The van der Waals surface area contributed by atoms with Crippen LogP contribution in [0.25, 0.3) is 21.5 Å². The molecule has 2 amide bonds. The third-order valence-corrected chi connectivity index (χ3v) is 11.0. The molecule has 0 saturated heterocycles. The molecule has 0 spiro atoms. The van der Waals surface area contributed by atoms with E-state index in [1.807, 2.05) is 0 Å². The van der Waals surface area contributed by atoms with Gasteiger partial charge in [0.25, 0.3) is 20.2 Å². The molecule has 0 aliphatic heterocycles. The van der Waals surface area contributed by atoms with Crippen LogP contribution in [0.4, 0.5) is 38.9 Å². The van der Waals surface area contributed by atoms with Gasteiger partial charge in [0.2, 0.25) is 0 Å². The quantitative estimate of drug-likeness (QED) is 0.0332. The number of azo groups is 2. The molecule has 0 aliphatic rings. The highest BCUT2D eigenvalue weighted by atomic mass is 32.2. The Labute approximate surface area is 352 Å². The predicted molar refractivity (Wildman–Crippen MR) is 226 cm³/mol. The maximum Gasteiger partial charge on any atom is 0.323 e. The summed E-state index contributed by atoms with van der Waals surface area (Å²) in [4.78, 5) is 33.1. The molecule has 62 heavy (non-hydrogen) atoms. The fraction of sp³-hybridized carbons (Fsp3) is 0.146. The number of hydrogen-bond acceptors (Lipinski definition) is 13. The number of nitrogens with zero attached hydrogens (tertiary/aromatic N) is 4. The van der Waals surface area contributed by atoms with Gasteiger partial charge in [0.1, 0.15) is 21.2 Å². The first-order valence-electron chi connectivity index (χ1n) is 18.4. The van der Waals surface area contributed by atoms with Crippen molar-refractivity contribution < 1.29 is 60.8 Å². The van der Waals surface area contributed by atoms with Crippen LogP contribution in [0.3, 0.4) is 0 Å². The average molecular weight is 885 g/mol. The molecule has 8 N–H and O–H groups in total. The first kappa shape index (κ1) is 44.2. The predicted octanol–water partition coefficient (Wildman–Crippen LogP) is 9.19. The van der Waals surface area contributed by atoms with Gasteiger partial charge in [0, 0.05) is 35.0 Å². The third-order valence-electron chi connectivity index (χ3n) is 9.29. The molecule has 0 bridgehead atoms. The molecule has 0 aliphatic carbocycles. The lowest BCUT2D eigenvalue weighted by Crippen LogP contribution is -2.19. The normalized spacial score (nSPS) is 12.0. The molecule has 0 fully saturated rings. The van der Waals surface area contributed by atoms with E-state index >= 15 is 0 Å². The van der Waals surface area contributed by atoms with E-state index in [0.29, 0.717) is 25.7 Å². The number of carbonyl (C=O) groups is 3. The van der Waals surface area contributed by atoms with E-state index in [0.717, 1.165) is 23.3 Å². The number of aryl methyl sites for hydroxylation is 2. The Morgan fingerprint density at radius 3 is 1.23 bits per heavy atom. The number of aliphatic carboxylic acids is 2. The first-order chi connectivity index (χ1) is 29.3. The second-order valence-corrected chi connectivity index (χ2v) is 16.6. The van der Waals surface area contributed by atoms with Gasteiger partial charge in [-0.1, -0.05) is 24.3 Å². The zero-order chi connectivity index (χ0) is 44.8. The van der Waals surface area contributed by atoms with Gasteiger partial charge in [0.05, 0.1) is 11.4 Å². The van der Waals surface area contributed by atoms with Crippen LogP contribution < -0.4 is 10.6 Å². The Kier molecular flexibility index (Phi) is 13.2. The summed E-state index contributed by atoms with van der Waals surface area (Å²) in [6.45, 7) is 0. The Bertz CT molecular complexity index is 2810. The summed E-state index contributed by atoms with van der Waals surface area (Å²) in [5, 5.41) is 61.1. The molecule has 0 unspecified atom stereocenters. The molecule has 0 aromatic heterocycles. The number of carbonyl (C=O) groups excluding carboxylic acids is 1. The van der Waals surface area contributed by atoms with Crippen LogP contribution in [0, 0.1) is 0 Å². The smallest absolute Gasteiger partial charge is 0.323 e. The van der Waals surface area contributed by atoms with E-state index in [1.165, 1.54) is 36.4 Å². The van der Waals surface area contributed by atoms with Crippen LogP contribution in [0.1, 0.15) is 36.8 Å². The number of carboxylic acids is 2. The number of nitrogens with one attached hydrogen (secondary N) is 2. The highest BCUT2D eigenvalue weighted by molar-refractivity contribution is 7.86. The van der Waals surface area contributed by atoms with Gasteiger partial charge in [-0.25, -0.2) is 4.79 Å². The molecule has 0 saturated carbocycles. The standard InChI is InChI=1S/C41H36N6O13S2/c48-35(49)5-1-3-23-7-11-27(12-8-23)44-46-37-33(61(55,56)57)21-25-19-29(15-17-31(25)39(37)52)42-41(54)43-30-16-18-32-26(20-30)22-34(62(58,59)60)38(40(32)53)47-45-28-13-9-24(10-14-28)4-2-6-36(50)51/h7-22,52-53H,1-6H2,(H,48,49)(H,50,51)(H2,42,43,54)(H,55,56,57)(H,58,59,60). The van der Waals surface area contributed by atoms with Gasteiger partial charge < -0.3 is 31.1 Å². The second kappa shape index (κ2) is 18.5. The van der Waals surface area contributed by atoms with Gasteiger partial charge in [-0.05, 0) is 120 Å². The minimum absolute atomic E-state index is 0.00720. The molecule has 0 heterocycles. The zero-order valence-electron chi connectivity index (χ0n) is 32.1. The molecular weight excluding hydrogens is 849 g/mol. The van der Waals surface area contributed by atoms with Crippen molar-refractivity contribution in [1.29, 1.82) is 0 Å². The molecular formula is C41H36N6O13S2. The van der Waals surface area contributed by atoms with Gasteiger partial charge in [-0.15, -0.1) is 10.2 Å². The molecule has 0 radical (unpaired) electrons.